The summed E-state index contributed by atoms with van der Waals surface area (Å²) in [5.74, 6) is 1.36. The van der Waals surface area contributed by atoms with Crippen molar-refractivity contribution in [3.63, 3.8) is 0 Å². The molecule has 0 saturated carbocycles. The van der Waals surface area contributed by atoms with Gasteiger partial charge in [-0.15, -0.1) is 0 Å². The maximum atomic E-state index is 12.7. The number of carbonyl (C=O) groups is 1. The minimum absolute atomic E-state index is 0.0237. The summed E-state index contributed by atoms with van der Waals surface area (Å²) in [7, 11) is 0. The zero-order chi connectivity index (χ0) is 16.9. The van der Waals surface area contributed by atoms with Crippen LogP contribution in [0.1, 0.15) is 36.2 Å². The van der Waals surface area contributed by atoms with Crippen molar-refractivity contribution in [1.29, 1.82) is 0 Å². The van der Waals surface area contributed by atoms with Gasteiger partial charge in [0.1, 0.15) is 0 Å². The molecule has 1 amide bonds. The standard InChI is InChI=1S/C17H21ClN4O2/c1-12-20-16(24-21-12)6-3-7-17(23)22-9-8-19-11-15(22)13-4-2-5-14(18)10-13/h2,4-5,10,15,19H,3,6-9,11H2,1H3. The van der Waals surface area contributed by atoms with E-state index in [4.69, 9.17) is 16.1 Å². The molecule has 2 heterocycles. The number of nitrogens with zero attached hydrogens (tertiary/aromatic N) is 3. The first-order chi connectivity index (χ1) is 11.6. The first kappa shape index (κ1) is 16.9. The highest BCUT2D eigenvalue weighted by Crippen LogP contribution is 2.25. The molecule has 0 bridgehead atoms. The van der Waals surface area contributed by atoms with Crippen LogP contribution < -0.4 is 5.32 Å². The molecular weight excluding hydrogens is 328 g/mol. The van der Waals surface area contributed by atoms with Gasteiger partial charge < -0.3 is 14.7 Å². The predicted molar refractivity (Wildman–Crippen MR) is 90.7 cm³/mol. The number of halogens is 1. The van der Waals surface area contributed by atoms with Gasteiger partial charge in [-0.1, -0.05) is 28.9 Å². The molecule has 0 radical (unpaired) electrons. The lowest BCUT2D eigenvalue weighted by Crippen LogP contribution is -2.48. The van der Waals surface area contributed by atoms with Gasteiger partial charge in [-0.25, -0.2) is 0 Å². The number of nitrogens with one attached hydrogen (secondary N) is 1. The van der Waals surface area contributed by atoms with Crippen molar-refractivity contribution in [3.8, 4) is 0 Å². The number of aromatic nitrogens is 2. The van der Waals surface area contributed by atoms with E-state index in [9.17, 15) is 4.79 Å². The fraction of sp³-hybridized carbons (Fsp3) is 0.471. The van der Waals surface area contributed by atoms with Crippen LogP contribution in [0.2, 0.25) is 5.02 Å². The van der Waals surface area contributed by atoms with Crippen molar-refractivity contribution in [2.45, 2.75) is 32.2 Å². The van der Waals surface area contributed by atoms with Crippen molar-refractivity contribution in [2.75, 3.05) is 19.6 Å². The van der Waals surface area contributed by atoms with Gasteiger partial charge in [0.25, 0.3) is 0 Å². The van der Waals surface area contributed by atoms with Gasteiger partial charge in [-0.2, -0.15) is 4.98 Å². The van der Waals surface area contributed by atoms with Gasteiger partial charge in [0.15, 0.2) is 5.82 Å². The quantitative estimate of drug-likeness (QED) is 0.899. The van der Waals surface area contributed by atoms with E-state index < -0.39 is 0 Å². The van der Waals surface area contributed by atoms with Crippen LogP contribution in [0, 0.1) is 6.92 Å². The van der Waals surface area contributed by atoms with Crippen LogP contribution in [-0.4, -0.2) is 40.6 Å². The molecule has 1 aliphatic heterocycles. The second-order valence-electron chi connectivity index (χ2n) is 5.95. The number of aryl methyl sites for hydroxylation is 2. The Hall–Kier alpha value is -1.92. The maximum Gasteiger partial charge on any atom is 0.226 e. The SMILES string of the molecule is Cc1noc(CCCC(=O)N2CCNCC2c2cccc(Cl)c2)n1. The van der Waals surface area contributed by atoms with Crippen molar-refractivity contribution < 1.29 is 9.32 Å². The molecule has 3 rings (SSSR count). The van der Waals surface area contributed by atoms with Gasteiger partial charge in [-0.3, -0.25) is 4.79 Å². The molecule has 1 fully saturated rings. The van der Waals surface area contributed by atoms with Gasteiger partial charge in [0, 0.05) is 37.5 Å². The van der Waals surface area contributed by atoms with E-state index in [1.165, 1.54) is 0 Å². The second kappa shape index (κ2) is 7.77. The first-order valence-corrected chi connectivity index (χ1v) is 8.56. The highest BCUT2D eigenvalue weighted by atomic mass is 35.5. The fourth-order valence-electron chi connectivity index (χ4n) is 2.99. The van der Waals surface area contributed by atoms with Crippen LogP contribution in [-0.2, 0) is 11.2 Å². The zero-order valence-corrected chi connectivity index (χ0v) is 14.4. The molecule has 0 spiro atoms. The van der Waals surface area contributed by atoms with Crippen molar-refractivity contribution in [3.05, 3.63) is 46.6 Å². The molecule has 1 atom stereocenters. The fourth-order valence-corrected chi connectivity index (χ4v) is 3.19. The van der Waals surface area contributed by atoms with Crippen molar-refractivity contribution >= 4 is 17.5 Å². The third-order valence-electron chi connectivity index (χ3n) is 4.15. The van der Waals surface area contributed by atoms with Gasteiger partial charge in [0.05, 0.1) is 6.04 Å². The smallest absolute Gasteiger partial charge is 0.226 e. The van der Waals surface area contributed by atoms with Crippen LogP contribution in [0.25, 0.3) is 0 Å². The Morgan fingerprint density at radius 2 is 2.38 bits per heavy atom. The van der Waals surface area contributed by atoms with E-state index in [1.807, 2.05) is 29.2 Å². The highest BCUT2D eigenvalue weighted by Gasteiger charge is 2.27. The van der Waals surface area contributed by atoms with Gasteiger partial charge in [0.2, 0.25) is 11.8 Å². The normalized spacial score (nSPS) is 17.9. The van der Waals surface area contributed by atoms with Crippen LogP contribution in [0.3, 0.4) is 0 Å². The van der Waals surface area contributed by atoms with E-state index in [-0.39, 0.29) is 11.9 Å². The molecule has 1 aromatic carbocycles. The number of rotatable bonds is 5. The summed E-state index contributed by atoms with van der Waals surface area (Å²) in [5.41, 5.74) is 1.07. The molecule has 1 unspecified atom stereocenters. The summed E-state index contributed by atoms with van der Waals surface area (Å²) in [6, 6.07) is 7.74. The van der Waals surface area contributed by atoms with E-state index in [0.29, 0.717) is 42.5 Å². The van der Waals surface area contributed by atoms with Gasteiger partial charge in [-0.05, 0) is 31.0 Å². The summed E-state index contributed by atoms with van der Waals surface area (Å²) in [6.07, 6.45) is 1.80. The molecule has 1 aromatic heterocycles. The van der Waals surface area contributed by atoms with Crippen LogP contribution >= 0.6 is 11.6 Å². The number of hydrogen-bond acceptors (Lipinski definition) is 5. The Balaban J connectivity index is 1.61. The van der Waals surface area contributed by atoms with E-state index in [0.717, 1.165) is 18.7 Å². The number of benzene rings is 1. The predicted octanol–water partition coefficient (Wildman–Crippen LogP) is 2.53. The topological polar surface area (TPSA) is 71.3 Å². The summed E-state index contributed by atoms with van der Waals surface area (Å²) in [4.78, 5) is 18.8. The lowest BCUT2D eigenvalue weighted by atomic mass is 10.0. The number of hydrogen-bond donors (Lipinski definition) is 1. The molecule has 7 heteroatoms. The summed E-state index contributed by atoms with van der Waals surface area (Å²) in [6.45, 7) is 4.05. The van der Waals surface area contributed by atoms with E-state index >= 15 is 0 Å². The monoisotopic (exact) mass is 348 g/mol. The van der Waals surface area contributed by atoms with Gasteiger partial charge >= 0.3 is 0 Å². The molecule has 1 N–H and O–H groups in total. The Morgan fingerprint density at radius 1 is 1.50 bits per heavy atom. The number of amides is 1. The Bertz CT molecular complexity index is 703. The third-order valence-corrected chi connectivity index (χ3v) is 4.38. The van der Waals surface area contributed by atoms with Crippen LogP contribution in [0.5, 0.6) is 0 Å². The minimum Gasteiger partial charge on any atom is -0.339 e. The second-order valence-corrected chi connectivity index (χ2v) is 6.39. The average Bonchev–Trinajstić information content (AvgIpc) is 3.00. The van der Waals surface area contributed by atoms with Crippen molar-refractivity contribution in [2.24, 2.45) is 0 Å². The van der Waals surface area contributed by atoms with Crippen LogP contribution in [0.4, 0.5) is 0 Å². The number of piperazine rings is 1. The molecule has 1 saturated heterocycles. The van der Waals surface area contributed by atoms with E-state index in [2.05, 4.69) is 15.5 Å². The zero-order valence-electron chi connectivity index (χ0n) is 13.7. The molecular formula is C17H21ClN4O2. The molecule has 0 aliphatic carbocycles. The molecule has 6 nitrogen and oxygen atoms in total. The summed E-state index contributed by atoms with van der Waals surface area (Å²) < 4.78 is 5.08. The average molecular weight is 349 g/mol. The number of carbonyl (C=O) groups excluding carboxylic acids is 1. The third kappa shape index (κ3) is 4.13. The maximum absolute atomic E-state index is 12.7. The molecule has 1 aliphatic rings. The molecule has 128 valence electrons. The summed E-state index contributed by atoms with van der Waals surface area (Å²) in [5, 5.41) is 7.81. The lowest BCUT2D eigenvalue weighted by molar-refractivity contribution is -0.134. The lowest BCUT2D eigenvalue weighted by Gasteiger charge is -2.36. The Labute approximate surface area is 146 Å². The minimum atomic E-state index is 0.0237. The molecule has 2 aromatic rings. The van der Waals surface area contributed by atoms with E-state index in [1.54, 1.807) is 6.92 Å². The van der Waals surface area contributed by atoms with Crippen molar-refractivity contribution in [1.82, 2.24) is 20.4 Å². The van der Waals surface area contributed by atoms with Crippen LogP contribution in [0.15, 0.2) is 28.8 Å². The first-order valence-electron chi connectivity index (χ1n) is 8.18. The Kier molecular flexibility index (Phi) is 5.48. The largest absolute Gasteiger partial charge is 0.339 e. The highest BCUT2D eigenvalue weighted by molar-refractivity contribution is 6.30. The molecule has 24 heavy (non-hydrogen) atoms. The summed E-state index contributed by atoms with van der Waals surface area (Å²) >= 11 is 6.10. The Morgan fingerprint density at radius 3 is 3.12 bits per heavy atom.